The van der Waals surface area contributed by atoms with E-state index in [2.05, 4.69) is 20.4 Å². The van der Waals surface area contributed by atoms with E-state index in [4.69, 9.17) is 4.74 Å². The van der Waals surface area contributed by atoms with E-state index in [-0.39, 0.29) is 5.92 Å². The van der Waals surface area contributed by atoms with Crippen molar-refractivity contribution in [3.8, 4) is 22.3 Å². The molecule has 0 saturated carbocycles. The van der Waals surface area contributed by atoms with Crippen LogP contribution in [0, 0.1) is 5.92 Å². The second-order valence-electron chi connectivity index (χ2n) is 10.6. The normalized spacial score (nSPS) is 12.5. The number of allylic oxidation sites excluding steroid dienone is 1. The second-order valence-corrected chi connectivity index (χ2v) is 10.6. The van der Waals surface area contributed by atoms with Gasteiger partial charge in [0.1, 0.15) is 0 Å². The quantitative estimate of drug-likeness (QED) is 0.120. The summed E-state index contributed by atoms with van der Waals surface area (Å²) in [6, 6.07) is 35.9. The molecule has 0 radical (unpaired) electrons. The maximum absolute atomic E-state index is 13.6. The molecule has 0 aromatic heterocycles. The number of carbonyl (C=O) groups is 2. The fourth-order valence-electron chi connectivity index (χ4n) is 4.90. The van der Waals surface area contributed by atoms with Crippen molar-refractivity contribution < 1.29 is 14.3 Å². The molecule has 198 valence electrons. The average molecular weight is 517 g/mol. The largest absolute Gasteiger partial charge is 0.392 e. The summed E-state index contributed by atoms with van der Waals surface area (Å²) in [7, 11) is 0. The average Bonchev–Trinajstić information content (AvgIpc) is 2.95. The Labute approximate surface area is 232 Å². The van der Waals surface area contributed by atoms with Crippen LogP contribution in [0.2, 0.25) is 0 Å². The van der Waals surface area contributed by atoms with Gasteiger partial charge in [-0.3, -0.25) is 9.59 Å². The smallest absolute Gasteiger partial charge is 0.321 e. The van der Waals surface area contributed by atoms with Crippen LogP contribution in [0.1, 0.15) is 56.6 Å². The first-order valence-corrected chi connectivity index (χ1v) is 13.5. The molecule has 0 aliphatic heterocycles. The highest BCUT2D eigenvalue weighted by molar-refractivity contribution is 5.93. The summed E-state index contributed by atoms with van der Waals surface area (Å²) in [5.74, 6) is -1.97. The zero-order valence-electron chi connectivity index (χ0n) is 23.0. The van der Waals surface area contributed by atoms with Crippen LogP contribution < -0.4 is 0 Å². The summed E-state index contributed by atoms with van der Waals surface area (Å²) < 4.78 is 5.66. The Hall–Kier alpha value is -4.24. The second kappa shape index (κ2) is 13.0. The van der Waals surface area contributed by atoms with Crippen LogP contribution in [0.3, 0.4) is 0 Å². The van der Waals surface area contributed by atoms with Gasteiger partial charge in [-0.2, -0.15) is 0 Å². The van der Waals surface area contributed by atoms with Gasteiger partial charge in [0.15, 0.2) is 0 Å². The van der Waals surface area contributed by atoms with Crippen molar-refractivity contribution in [2.75, 3.05) is 0 Å². The van der Waals surface area contributed by atoms with E-state index in [1.807, 2.05) is 116 Å². The predicted molar refractivity (Wildman–Crippen MR) is 159 cm³/mol. The molecule has 0 saturated heterocycles. The van der Waals surface area contributed by atoms with Gasteiger partial charge < -0.3 is 4.74 Å². The predicted octanol–water partition coefficient (Wildman–Crippen LogP) is 8.97. The third kappa shape index (κ3) is 7.42. The molecule has 0 aliphatic carbocycles. The Kier molecular flexibility index (Phi) is 9.27. The third-order valence-electron chi connectivity index (χ3n) is 6.82. The molecule has 0 N–H and O–H groups in total. The monoisotopic (exact) mass is 516 g/mol. The first kappa shape index (κ1) is 27.8. The number of rotatable bonds is 10. The standard InChI is InChI=1S/C36H36O3/c1-25(2)21-33(31-19-11-17-29(23-31)27-13-7-5-8-14-27)35(37)39-36(38)34(22-26(3)4)32-20-12-18-30(24-32)28-15-9-6-10-16-28/h5-20,23-24,26,33-34H,1,21-22H2,2-4H3. The van der Waals surface area contributed by atoms with E-state index >= 15 is 0 Å². The van der Waals surface area contributed by atoms with Crippen LogP contribution in [0.4, 0.5) is 0 Å². The lowest BCUT2D eigenvalue weighted by Crippen LogP contribution is -2.25. The van der Waals surface area contributed by atoms with Crippen molar-refractivity contribution in [3.63, 3.8) is 0 Å². The van der Waals surface area contributed by atoms with Gasteiger partial charge in [0, 0.05) is 0 Å². The number of hydrogen-bond donors (Lipinski definition) is 0. The van der Waals surface area contributed by atoms with Crippen molar-refractivity contribution >= 4 is 11.9 Å². The minimum atomic E-state index is -0.620. The molecule has 0 aliphatic rings. The van der Waals surface area contributed by atoms with Crippen LogP contribution in [0.15, 0.2) is 121 Å². The van der Waals surface area contributed by atoms with E-state index in [1.54, 1.807) is 0 Å². The molecule has 0 heterocycles. The fourth-order valence-corrected chi connectivity index (χ4v) is 4.90. The van der Waals surface area contributed by atoms with Crippen LogP contribution in [-0.2, 0) is 14.3 Å². The highest BCUT2D eigenvalue weighted by Gasteiger charge is 2.30. The highest BCUT2D eigenvalue weighted by Crippen LogP contribution is 2.32. The molecule has 4 aromatic carbocycles. The van der Waals surface area contributed by atoms with E-state index < -0.39 is 23.8 Å². The van der Waals surface area contributed by atoms with Crippen LogP contribution in [0.25, 0.3) is 22.3 Å². The number of hydrogen-bond acceptors (Lipinski definition) is 3. The summed E-state index contributed by atoms with van der Waals surface area (Å²) >= 11 is 0. The van der Waals surface area contributed by atoms with Crippen LogP contribution in [-0.4, -0.2) is 11.9 Å². The van der Waals surface area contributed by atoms with Crippen molar-refractivity contribution in [2.45, 2.75) is 45.4 Å². The molecule has 2 atom stereocenters. The van der Waals surface area contributed by atoms with Crippen molar-refractivity contribution in [3.05, 3.63) is 132 Å². The fraction of sp³-hybridized carbons (Fsp3) is 0.222. The lowest BCUT2D eigenvalue weighted by molar-refractivity contribution is -0.162. The molecule has 3 heteroatoms. The van der Waals surface area contributed by atoms with Crippen molar-refractivity contribution in [1.29, 1.82) is 0 Å². The van der Waals surface area contributed by atoms with Gasteiger partial charge in [0.05, 0.1) is 11.8 Å². The molecule has 0 bridgehead atoms. The molecular weight excluding hydrogens is 480 g/mol. The van der Waals surface area contributed by atoms with Crippen molar-refractivity contribution in [1.82, 2.24) is 0 Å². The molecule has 0 fully saturated rings. The van der Waals surface area contributed by atoms with Gasteiger partial charge in [-0.15, -0.1) is 6.58 Å². The maximum atomic E-state index is 13.6. The molecule has 4 rings (SSSR count). The Morgan fingerprint density at radius 1 is 0.641 bits per heavy atom. The van der Waals surface area contributed by atoms with Gasteiger partial charge in [-0.05, 0) is 59.1 Å². The van der Waals surface area contributed by atoms with Crippen LogP contribution in [0.5, 0.6) is 0 Å². The van der Waals surface area contributed by atoms with Crippen LogP contribution >= 0.6 is 0 Å². The molecule has 39 heavy (non-hydrogen) atoms. The summed E-state index contributed by atoms with van der Waals surface area (Å²) in [5.41, 5.74) is 6.69. The molecule has 4 aromatic rings. The lowest BCUT2D eigenvalue weighted by atomic mass is 9.88. The van der Waals surface area contributed by atoms with Gasteiger partial charge in [0.2, 0.25) is 0 Å². The molecular formula is C36H36O3. The topological polar surface area (TPSA) is 43.4 Å². The minimum Gasteiger partial charge on any atom is -0.392 e. The number of carbonyl (C=O) groups excluding carboxylic acids is 2. The number of esters is 2. The lowest BCUT2D eigenvalue weighted by Gasteiger charge is -2.21. The molecule has 0 spiro atoms. The van der Waals surface area contributed by atoms with E-state index in [0.29, 0.717) is 12.8 Å². The van der Waals surface area contributed by atoms with Gasteiger partial charge in [-0.1, -0.05) is 129 Å². The summed E-state index contributed by atoms with van der Waals surface area (Å²) in [4.78, 5) is 27.1. The highest BCUT2D eigenvalue weighted by atomic mass is 16.6. The van der Waals surface area contributed by atoms with Crippen molar-refractivity contribution in [2.24, 2.45) is 5.92 Å². The van der Waals surface area contributed by atoms with Gasteiger partial charge in [0.25, 0.3) is 0 Å². The zero-order valence-corrected chi connectivity index (χ0v) is 23.0. The van der Waals surface area contributed by atoms with E-state index in [0.717, 1.165) is 39.0 Å². The third-order valence-corrected chi connectivity index (χ3v) is 6.82. The summed E-state index contributed by atoms with van der Waals surface area (Å²) in [5, 5.41) is 0. The summed E-state index contributed by atoms with van der Waals surface area (Å²) in [6.45, 7) is 10.1. The Bertz CT molecular complexity index is 1420. The first-order valence-electron chi connectivity index (χ1n) is 13.5. The molecule has 0 amide bonds. The SMILES string of the molecule is C=C(C)CC(C(=O)OC(=O)C(CC(C)C)c1cccc(-c2ccccc2)c1)c1cccc(-c2ccccc2)c1. The number of benzene rings is 4. The van der Waals surface area contributed by atoms with E-state index in [9.17, 15) is 9.59 Å². The first-order chi connectivity index (χ1) is 18.8. The van der Waals surface area contributed by atoms with Gasteiger partial charge in [-0.25, -0.2) is 0 Å². The Morgan fingerprint density at radius 3 is 1.54 bits per heavy atom. The van der Waals surface area contributed by atoms with E-state index in [1.165, 1.54) is 0 Å². The maximum Gasteiger partial charge on any atom is 0.321 e. The number of ether oxygens (including phenoxy) is 1. The Balaban J connectivity index is 1.61. The summed E-state index contributed by atoms with van der Waals surface area (Å²) in [6.07, 6.45) is 0.988. The Morgan fingerprint density at radius 2 is 1.08 bits per heavy atom. The molecule has 3 nitrogen and oxygen atoms in total. The molecule has 2 unspecified atom stereocenters. The minimum absolute atomic E-state index is 0.242. The van der Waals surface area contributed by atoms with Gasteiger partial charge >= 0.3 is 11.9 Å². The zero-order chi connectivity index (χ0) is 27.8.